The summed E-state index contributed by atoms with van der Waals surface area (Å²) < 4.78 is 24.6. The van der Waals surface area contributed by atoms with Crippen molar-refractivity contribution in [2.24, 2.45) is 7.05 Å². The van der Waals surface area contributed by atoms with Crippen LogP contribution < -0.4 is 4.57 Å². The summed E-state index contributed by atoms with van der Waals surface area (Å²) in [6.45, 7) is 1.85. The van der Waals surface area contributed by atoms with Crippen LogP contribution in [-0.2, 0) is 7.05 Å². The average molecular weight is 215 g/mol. The number of aromatic nitrogens is 1. The SMILES string of the molecule is [2H]C([2H])([2H])c1ccc(-c2ccccc2C)[n+](C)c1C. The molecule has 2 aromatic rings. The molecule has 0 saturated carbocycles. The summed E-state index contributed by atoms with van der Waals surface area (Å²) in [6.07, 6.45) is 0. The molecule has 0 unspecified atom stereocenters. The van der Waals surface area contributed by atoms with Crippen LogP contribution in [0.5, 0.6) is 0 Å². The predicted molar refractivity (Wildman–Crippen MR) is 67.3 cm³/mol. The Balaban J connectivity index is 2.64. The molecule has 0 aliphatic carbocycles. The lowest BCUT2D eigenvalue weighted by Crippen LogP contribution is -2.35. The fourth-order valence-corrected chi connectivity index (χ4v) is 1.89. The van der Waals surface area contributed by atoms with Crippen molar-refractivity contribution in [1.29, 1.82) is 0 Å². The van der Waals surface area contributed by atoms with Gasteiger partial charge in [-0.15, -0.1) is 0 Å². The second-order valence-corrected chi connectivity index (χ2v) is 4.09. The van der Waals surface area contributed by atoms with E-state index in [1.54, 1.807) is 6.07 Å². The lowest BCUT2D eigenvalue weighted by Gasteiger charge is -2.07. The Morgan fingerprint density at radius 1 is 1.00 bits per heavy atom. The number of aryl methyl sites for hydroxylation is 2. The van der Waals surface area contributed by atoms with Gasteiger partial charge in [-0.05, 0) is 31.5 Å². The monoisotopic (exact) mass is 215 g/mol. The van der Waals surface area contributed by atoms with Crippen LogP contribution in [-0.4, -0.2) is 0 Å². The van der Waals surface area contributed by atoms with Gasteiger partial charge in [0.05, 0.1) is 0 Å². The van der Waals surface area contributed by atoms with Crippen molar-refractivity contribution < 1.29 is 8.68 Å². The maximum Gasteiger partial charge on any atom is 0.212 e. The van der Waals surface area contributed by atoms with Crippen molar-refractivity contribution in [3.63, 3.8) is 0 Å². The van der Waals surface area contributed by atoms with E-state index in [1.807, 2.05) is 36.7 Å². The summed E-state index contributed by atoms with van der Waals surface area (Å²) in [6, 6.07) is 11.7. The highest BCUT2D eigenvalue weighted by Crippen LogP contribution is 2.20. The van der Waals surface area contributed by atoms with Crippen LogP contribution in [0.25, 0.3) is 11.3 Å². The van der Waals surface area contributed by atoms with E-state index in [0.717, 1.165) is 17.0 Å². The number of hydrogen-bond acceptors (Lipinski definition) is 0. The van der Waals surface area contributed by atoms with Crippen LogP contribution >= 0.6 is 0 Å². The lowest BCUT2D eigenvalue weighted by atomic mass is 10.0. The third-order valence-corrected chi connectivity index (χ3v) is 3.08. The summed E-state index contributed by atoms with van der Waals surface area (Å²) in [7, 11) is 1.91. The molecule has 1 heterocycles. The molecule has 1 heteroatoms. The molecule has 0 aliphatic rings. The maximum absolute atomic E-state index is 7.55. The molecule has 0 radical (unpaired) electrons. The van der Waals surface area contributed by atoms with Crippen molar-refractivity contribution in [1.82, 2.24) is 0 Å². The summed E-state index contributed by atoms with van der Waals surface area (Å²) >= 11 is 0. The largest absolute Gasteiger partial charge is 0.212 e. The molecule has 82 valence electrons. The topological polar surface area (TPSA) is 3.88 Å². The Kier molecular flexibility index (Phi) is 1.95. The number of pyridine rings is 1. The maximum atomic E-state index is 7.55. The molecule has 0 saturated heterocycles. The van der Waals surface area contributed by atoms with Crippen LogP contribution in [0.2, 0.25) is 0 Å². The molecule has 0 bridgehead atoms. The smallest absolute Gasteiger partial charge is 0.198 e. The van der Waals surface area contributed by atoms with Crippen molar-refractivity contribution >= 4 is 0 Å². The van der Waals surface area contributed by atoms with Gasteiger partial charge in [0.25, 0.3) is 0 Å². The molecule has 16 heavy (non-hydrogen) atoms. The van der Waals surface area contributed by atoms with E-state index in [9.17, 15) is 0 Å². The van der Waals surface area contributed by atoms with Gasteiger partial charge in [0.2, 0.25) is 5.69 Å². The second-order valence-electron chi connectivity index (χ2n) is 4.09. The van der Waals surface area contributed by atoms with E-state index in [4.69, 9.17) is 4.11 Å². The quantitative estimate of drug-likeness (QED) is 0.644. The minimum absolute atomic E-state index is 0.410. The molecule has 1 aromatic heterocycles. The van der Waals surface area contributed by atoms with Gasteiger partial charge >= 0.3 is 0 Å². The van der Waals surface area contributed by atoms with Crippen LogP contribution in [0.1, 0.15) is 20.9 Å². The molecular formula is C15H18N+. The normalized spacial score (nSPS) is 14.1. The fraction of sp³-hybridized carbons (Fsp3) is 0.267. The molecule has 1 nitrogen and oxygen atoms in total. The number of rotatable bonds is 1. The molecule has 0 fully saturated rings. The molecule has 0 amide bonds. The van der Waals surface area contributed by atoms with E-state index < -0.39 is 6.85 Å². The van der Waals surface area contributed by atoms with Crippen LogP contribution in [0, 0.1) is 20.7 Å². The van der Waals surface area contributed by atoms with E-state index >= 15 is 0 Å². The average Bonchev–Trinajstić information content (AvgIpc) is 2.32. The first-order valence-corrected chi connectivity index (χ1v) is 5.38. The zero-order valence-corrected chi connectivity index (χ0v) is 9.91. The van der Waals surface area contributed by atoms with E-state index in [2.05, 4.69) is 19.1 Å². The highest BCUT2D eigenvalue weighted by atomic mass is 14.9. The van der Waals surface area contributed by atoms with Gasteiger partial charge in [-0.1, -0.05) is 18.2 Å². The Labute approximate surface area is 102 Å². The number of hydrogen-bond donors (Lipinski definition) is 0. The lowest BCUT2D eigenvalue weighted by molar-refractivity contribution is -0.667. The first-order chi connectivity index (χ1) is 8.82. The minimum Gasteiger partial charge on any atom is -0.198 e. The van der Waals surface area contributed by atoms with Gasteiger partial charge in [0, 0.05) is 28.2 Å². The summed E-state index contributed by atoms with van der Waals surface area (Å²) in [5.41, 5.74) is 4.53. The standard InChI is InChI=1S/C15H18N/c1-11-9-10-15(16(4)13(11)3)14-8-6-5-7-12(14)2/h5-10H,1-4H3/q+1/i1D3. The molecule has 1 aromatic carbocycles. The first-order valence-electron chi connectivity index (χ1n) is 6.88. The van der Waals surface area contributed by atoms with E-state index in [0.29, 0.717) is 5.56 Å². The van der Waals surface area contributed by atoms with E-state index in [1.165, 1.54) is 5.56 Å². The summed E-state index contributed by atoms with van der Waals surface area (Å²) in [4.78, 5) is 0. The molecule has 2 rings (SSSR count). The fourth-order valence-electron chi connectivity index (χ4n) is 1.89. The van der Waals surface area contributed by atoms with Crippen molar-refractivity contribution in [3.05, 3.63) is 53.2 Å². The zero-order valence-electron chi connectivity index (χ0n) is 12.9. The first kappa shape index (κ1) is 7.61. The van der Waals surface area contributed by atoms with Crippen molar-refractivity contribution in [3.8, 4) is 11.3 Å². The predicted octanol–water partition coefficient (Wildman–Crippen LogP) is 3.10. The van der Waals surface area contributed by atoms with Gasteiger partial charge in [-0.2, -0.15) is 4.57 Å². The Hall–Kier alpha value is -1.63. The van der Waals surface area contributed by atoms with Gasteiger partial charge in [0.15, 0.2) is 5.69 Å². The van der Waals surface area contributed by atoms with Gasteiger partial charge in [-0.3, -0.25) is 0 Å². The summed E-state index contributed by atoms with van der Waals surface area (Å²) in [5, 5.41) is 0. The highest BCUT2D eigenvalue weighted by molar-refractivity contribution is 5.60. The van der Waals surface area contributed by atoms with Crippen molar-refractivity contribution in [2.45, 2.75) is 20.7 Å². The molecule has 0 spiro atoms. The summed E-state index contributed by atoms with van der Waals surface area (Å²) in [5.74, 6) is 0. The third-order valence-electron chi connectivity index (χ3n) is 3.08. The zero-order chi connectivity index (χ0) is 14.2. The van der Waals surface area contributed by atoms with Crippen LogP contribution in [0.4, 0.5) is 0 Å². The van der Waals surface area contributed by atoms with Gasteiger partial charge in [-0.25, -0.2) is 0 Å². The van der Waals surface area contributed by atoms with Crippen molar-refractivity contribution in [2.75, 3.05) is 0 Å². The van der Waals surface area contributed by atoms with Crippen LogP contribution in [0.15, 0.2) is 36.4 Å². The Morgan fingerprint density at radius 3 is 2.44 bits per heavy atom. The van der Waals surface area contributed by atoms with Gasteiger partial charge < -0.3 is 0 Å². The molecule has 0 atom stereocenters. The minimum atomic E-state index is -2.06. The third kappa shape index (κ3) is 1.73. The second kappa shape index (κ2) is 4.09. The molecule has 0 aliphatic heterocycles. The van der Waals surface area contributed by atoms with E-state index in [-0.39, 0.29) is 0 Å². The highest BCUT2D eigenvalue weighted by Gasteiger charge is 2.14. The number of benzene rings is 1. The molecular weight excluding hydrogens is 194 g/mol. The number of nitrogens with zero attached hydrogens (tertiary/aromatic N) is 1. The van der Waals surface area contributed by atoms with Crippen LogP contribution in [0.3, 0.4) is 0 Å². The Morgan fingerprint density at radius 2 is 1.75 bits per heavy atom. The Bertz CT molecular complexity index is 615. The van der Waals surface area contributed by atoms with Gasteiger partial charge in [0.1, 0.15) is 7.05 Å². The molecule has 0 N–H and O–H groups in total.